The standard InChI is InChI=1S/C28H38N4O4/c1-21-7-6-8-25(22(21)2)31-16-14-30(15-17-31)13-4-5-18-35-24-11-9-23-10-12-27(33)32(26(23)19-24)20-36-28(34)29-3/h6-9,11,19H,4-5,10,12-18,20H2,1-3H3,(H,29,34). The number of rotatable bonds is 9. The number of aryl methyl sites for hydroxylation is 2. The van der Waals surface area contributed by atoms with E-state index in [1.165, 1.54) is 28.8 Å². The molecule has 1 saturated heterocycles. The van der Waals surface area contributed by atoms with Crippen LogP contribution >= 0.6 is 0 Å². The maximum absolute atomic E-state index is 12.4. The third-order valence-corrected chi connectivity index (χ3v) is 7.21. The molecule has 8 heteroatoms. The summed E-state index contributed by atoms with van der Waals surface area (Å²) in [5, 5.41) is 2.40. The minimum absolute atomic E-state index is 0.0544. The molecule has 2 aliphatic heterocycles. The van der Waals surface area contributed by atoms with Gasteiger partial charge in [-0.2, -0.15) is 0 Å². The van der Waals surface area contributed by atoms with Crippen LogP contribution in [0.15, 0.2) is 36.4 Å². The van der Waals surface area contributed by atoms with Crippen molar-refractivity contribution in [3.63, 3.8) is 0 Å². The van der Waals surface area contributed by atoms with Gasteiger partial charge in [-0.25, -0.2) is 4.79 Å². The minimum atomic E-state index is -0.561. The van der Waals surface area contributed by atoms with Gasteiger partial charge in [-0.05, 0) is 68.5 Å². The molecule has 2 aliphatic rings. The van der Waals surface area contributed by atoms with Crippen molar-refractivity contribution in [1.82, 2.24) is 10.2 Å². The number of carbonyl (C=O) groups excluding carboxylic acids is 2. The van der Waals surface area contributed by atoms with Crippen molar-refractivity contribution in [1.29, 1.82) is 0 Å². The van der Waals surface area contributed by atoms with Crippen molar-refractivity contribution in [3.8, 4) is 5.75 Å². The van der Waals surface area contributed by atoms with Crippen molar-refractivity contribution in [2.45, 2.75) is 39.5 Å². The Morgan fingerprint density at radius 3 is 2.58 bits per heavy atom. The van der Waals surface area contributed by atoms with Crippen LogP contribution in [0, 0.1) is 13.8 Å². The number of amides is 2. The molecule has 1 fully saturated rings. The summed E-state index contributed by atoms with van der Waals surface area (Å²) in [6, 6.07) is 12.4. The Morgan fingerprint density at radius 2 is 1.81 bits per heavy atom. The zero-order chi connectivity index (χ0) is 25.5. The lowest BCUT2D eigenvalue weighted by atomic mass is 10.0. The average molecular weight is 495 g/mol. The Morgan fingerprint density at radius 1 is 1.00 bits per heavy atom. The summed E-state index contributed by atoms with van der Waals surface area (Å²) in [5.41, 5.74) is 5.92. The van der Waals surface area contributed by atoms with E-state index in [1.54, 1.807) is 0 Å². The number of ether oxygens (including phenoxy) is 2. The van der Waals surface area contributed by atoms with Gasteiger partial charge in [0, 0.05) is 51.4 Å². The third kappa shape index (κ3) is 6.29. The van der Waals surface area contributed by atoms with Crippen LogP contribution in [0.25, 0.3) is 0 Å². The number of hydrogen-bond acceptors (Lipinski definition) is 6. The second kappa shape index (κ2) is 12.1. The Balaban J connectivity index is 1.20. The average Bonchev–Trinajstić information content (AvgIpc) is 2.89. The van der Waals surface area contributed by atoms with Gasteiger partial charge in [0.15, 0.2) is 6.73 Å². The van der Waals surface area contributed by atoms with Crippen LogP contribution in [0.4, 0.5) is 16.2 Å². The fourth-order valence-corrected chi connectivity index (χ4v) is 4.86. The fourth-order valence-electron chi connectivity index (χ4n) is 4.86. The smallest absolute Gasteiger partial charge is 0.408 e. The summed E-state index contributed by atoms with van der Waals surface area (Å²) in [5.74, 6) is 0.678. The molecule has 2 aromatic rings. The van der Waals surface area contributed by atoms with Gasteiger partial charge in [0.2, 0.25) is 5.91 Å². The lowest BCUT2D eigenvalue weighted by Crippen LogP contribution is -2.46. The molecule has 0 aromatic heterocycles. The molecule has 0 atom stereocenters. The van der Waals surface area contributed by atoms with Crippen molar-refractivity contribution in [2.75, 3.05) is 62.9 Å². The van der Waals surface area contributed by atoms with Gasteiger partial charge in [-0.15, -0.1) is 0 Å². The molecule has 36 heavy (non-hydrogen) atoms. The SMILES string of the molecule is CNC(=O)OCN1C(=O)CCc2ccc(OCCCCN3CCN(c4cccc(C)c4C)CC3)cc21. The molecule has 2 heterocycles. The van der Waals surface area contributed by atoms with E-state index < -0.39 is 6.09 Å². The highest BCUT2D eigenvalue weighted by molar-refractivity contribution is 5.96. The normalized spacial score (nSPS) is 16.0. The molecular weight excluding hydrogens is 456 g/mol. The monoisotopic (exact) mass is 494 g/mol. The molecule has 0 aliphatic carbocycles. The first-order valence-corrected chi connectivity index (χ1v) is 12.9. The van der Waals surface area contributed by atoms with E-state index in [4.69, 9.17) is 9.47 Å². The van der Waals surface area contributed by atoms with Crippen LogP contribution in [0.2, 0.25) is 0 Å². The number of nitrogens with zero attached hydrogens (tertiary/aromatic N) is 3. The van der Waals surface area contributed by atoms with Crippen LogP contribution < -0.4 is 19.9 Å². The van der Waals surface area contributed by atoms with E-state index in [1.807, 2.05) is 18.2 Å². The van der Waals surface area contributed by atoms with Crippen molar-refractivity contribution in [2.24, 2.45) is 0 Å². The van der Waals surface area contributed by atoms with Gasteiger partial charge in [0.25, 0.3) is 0 Å². The molecule has 0 saturated carbocycles. The zero-order valence-corrected chi connectivity index (χ0v) is 21.7. The molecule has 1 N–H and O–H groups in total. The van der Waals surface area contributed by atoms with Gasteiger partial charge in [0.1, 0.15) is 5.75 Å². The molecule has 4 rings (SSSR count). The fraction of sp³-hybridized carbons (Fsp3) is 0.500. The summed E-state index contributed by atoms with van der Waals surface area (Å²) < 4.78 is 11.1. The minimum Gasteiger partial charge on any atom is -0.494 e. The maximum Gasteiger partial charge on any atom is 0.408 e. The van der Waals surface area contributed by atoms with E-state index >= 15 is 0 Å². The lowest BCUT2D eigenvalue weighted by Gasteiger charge is -2.37. The second-order valence-corrected chi connectivity index (χ2v) is 9.53. The Bertz CT molecular complexity index is 1070. The predicted octanol–water partition coefficient (Wildman–Crippen LogP) is 3.88. The first-order chi connectivity index (χ1) is 17.5. The van der Waals surface area contributed by atoms with E-state index in [2.05, 4.69) is 47.2 Å². The number of hydrogen-bond donors (Lipinski definition) is 1. The summed E-state index contributed by atoms with van der Waals surface area (Å²) in [4.78, 5) is 30.4. The first kappa shape index (κ1) is 25.8. The molecule has 8 nitrogen and oxygen atoms in total. The molecule has 194 valence electrons. The molecule has 0 radical (unpaired) electrons. The molecule has 2 amide bonds. The van der Waals surface area contributed by atoms with Crippen LogP contribution in [0.1, 0.15) is 36.0 Å². The van der Waals surface area contributed by atoms with E-state index in [-0.39, 0.29) is 12.6 Å². The van der Waals surface area contributed by atoms with Crippen molar-refractivity contribution < 1.29 is 19.1 Å². The highest BCUT2D eigenvalue weighted by Crippen LogP contribution is 2.31. The molecule has 0 bridgehead atoms. The summed E-state index contributed by atoms with van der Waals surface area (Å²) in [7, 11) is 1.49. The highest BCUT2D eigenvalue weighted by Gasteiger charge is 2.25. The summed E-state index contributed by atoms with van der Waals surface area (Å²) in [6.07, 6.45) is 2.58. The molecular formula is C28H38N4O4. The predicted molar refractivity (Wildman–Crippen MR) is 142 cm³/mol. The quantitative estimate of drug-likeness (QED) is 0.534. The van der Waals surface area contributed by atoms with E-state index in [0.717, 1.165) is 62.6 Å². The van der Waals surface area contributed by atoms with E-state index in [0.29, 0.717) is 19.4 Å². The third-order valence-electron chi connectivity index (χ3n) is 7.21. The van der Waals surface area contributed by atoms with Crippen LogP contribution in [0.5, 0.6) is 5.75 Å². The molecule has 0 unspecified atom stereocenters. The maximum atomic E-state index is 12.4. The second-order valence-electron chi connectivity index (χ2n) is 9.53. The van der Waals surface area contributed by atoms with Crippen LogP contribution in [-0.2, 0) is 16.0 Å². The van der Waals surface area contributed by atoms with Gasteiger partial charge in [-0.1, -0.05) is 18.2 Å². The number of anilines is 2. The van der Waals surface area contributed by atoms with Crippen molar-refractivity contribution in [3.05, 3.63) is 53.1 Å². The van der Waals surface area contributed by atoms with Crippen LogP contribution in [-0.4, -0.2) is 70.0 Å². The summed E-state index contributed by atoms with van der Waals surface area (Å²) in [6.45, 7) is 10.3. The number of piperazine rings is 1. The number of alkyl carbamates (subject to hydrolysis) is 1. The first-order valence-electron chi connectivity index (χ1n) is 12.9. The topological polar surface area (TPSA) is 74.3 Å². The summed E-state index contributed by atoms with van der Waals surface area (Å²) >= 11 is 0. The van der Waals surface area contributed by atoms with Gasteiger partial charge in [0.05, 0.1) is 12.3 Å². The number of carbonyl (C=O) groups is 2. The highest BCUT2D eigenvalue weighted by atomic mass is 16.6. The van der Waals surface area contributed by atoms with Gasteiger partial charge in [-0.3, -0.25) is 14.6 Å². The Labute approximate surface area is 214 Å². The number of fused-ring (bicyclic) bond motifs is 1. The number of nitrogens with one attached hydrogen (secondary N) is 1. The van der Waals surface area contributed by atoms with E-state index in [9.17, 15) is 9.59 Å². The largest absolute Gasteiger partial charge is 0.494 e. The number of unbranched alkanes of at least 4 members (excludes halogenated alkanes) is 1. The Kier molecular flexibility index (Phi) is 8.70. The van der Waals surface area contributed by atoms with Crippen molar-refractivity contribution >= 4 is 23.4 Å². The molecule has 2 aromatic carbocycles. The Hall–Kier alpha value is -3.26. The number of benzene rings is 2. The van der Waals surface area contributed by atoms with Gasteiger partial charge >= 0.3 is 6.09 Å². The zero-order valence-electron chi connectivity index (χ0n) is 21.7. The van der Waals surface area contributed by atoms with Crippen LogP contribution in [0.3, 0.4) is 0 Å². The lowest BCUT2D eigenvalue weighted by molar-refractivity contribution is -0.119. The molecule has 0 spiro atoms. The van der Waals surface area contributed by atoms with Gasteiger partial charge < -0.3 is 19.7 Å².